The van der Waals surface area contributed by atoms with Crippen LogP contribution in [0, 0.1) is 6.92 Å². The fourth-order valence-corrected chi connectivity index (χ4v) is 5.42. The summed E-state index contributed by atoms with van der Waals surface area (Å²) < 4.78 is 34.4. The molecule has 9 heteroatoms. The predicted molar refractivity (Wildman–Crippen MR) is 155 cm³/mol. The molecule has 0 saturated carbocycles. The molecular formula is C30H28ClN3O4S. The van der Waals surface area contributed by atoms with Crippen LogP contribution in [-0.4, -0.2) is 27.1 Å². The van der Waals surface area contributed by atoms with Gasteiger partial charge in [0.25, 0.3) is 15.9 Å². The number of amides is 1. The van der Waals surface area contributed by atoms with Crippen LogP contribution < -0.4 is 14.5 Å². The van der Waals surface area contributed by atoms with Gasteiger partial charge >= 0.3 is 0 Å². The molecule has 1 amide bonds. The number of ether oxygens (including phenoxy) is 1. The second-order valence-corrected chi connectivity index (χ2v) is 11.0. The number of hydrogen-bond donors (Lipinski definition) is 1. The van der Waals surface area contributed by atoms with E-state index in [-0.39, 0.29) is 22.7 Å². The Bertz CT molecular complexity index is 1550. The highest BCUT2D eigenvalue weighted by molar-refractivity contribution is 7.92. The van der Waals surface area contributed by atoms with E-state index in [0.717, 1.165) is 16.9 Å². The fraction of sp³-hybridized carbons (Fsp3) is 0.133. The summed E-state index contributed by atoms with van der Waals surface area (Å²) in [5.41, 5.74) is 5.30. The molecule has 7 nitrogen and oxygen atoms in total. The van der Waals surface area contributed by atoms with Crippen molar-refractivity contribution in [2.75, 3.05) is 10.9 Å². The van der Waals surface area contributed by atoms with Crippen molar-refractivity contribution in [1.82, 2.24) is 5.43 Å². The number of rotatable bonds is 10. The minimum absolute atomic E-state index is 0.00683. The summed E-state index contributed by atoms with van der Waals surface area (Å²) in [6.07, 6.45) is 1.50. The Labute approximate surface area is 233 Å². The van der Waals surface area contributed by atoms with Crippen LogP contribution in [0.1, 0.15) is 34.0 Å². The maximum atomic E-state index is 13.9. The number of aryl methyl sites for hydroxylation is 1. The van der Waals surface area contributed by atoms with Crippen molar-refractivity contribution >= 4 is 39.4 Å². The van der Waals surface area contributed by atoms with Crippen LogP contribution >= 0.6 is 11.6 Å². The van der Waals surface area contributed by atoms with Gasteiger partial charge in [-0.25, -0.2) is 13.8 Å². The second-order valence-electron chi connectivity index (χ2n) is 8.67. The highest BCUT2D eigenvalue weighted by Crippen LogP contribution is 2.30. The van der Waals surface area contributed by atoms with Gasteiger partial charge in [0.2, 0.25) is 0 Å². The van der Waals surface area contributed by atoms with Gasteiger partial charge in [0.1, 0.15) is 5.75 Å². The molecule has 4 aromatic carbocycles. The fourth-order valence-electron chi connectivity index (χ4n) is 3.82. The van der Waals surface area contributed by atoms with Crippen molar-refractivity contribution in [3.8, 4) is 5.75 Å². The van der Waals surface area contributed by atoms with Gasteiger partial charge in [-0.3, -0.25) is 9.10 Å². The zero-order valence-electron chi connectivity index (χ0n) is 21.5. The third-order valence-electron chi connectivity index (χ3n) is 5.84. The molecule has 0 saturated heterocycles. The number of sulfonamides is 1. The first kappa shape index (κ1) is 27.9. The van der Waals surface area contributed by atoms with Gasteiger partial charge in [-0.1, -0.05) is 53.6 Å². The zero-order valence-corrected chi connectivity index (χ0v) is 23.1. The largest absolute Gasteiger partial charge is 0.494 e. The van der Waals surface area contributed by atoms with Gasteiger partial charge in [-0.05, 0) is 85.6 Å². The summed E-state index contributed by atoms with van der Waals surface area (Å²) in [5, 5.41) is 4.61. The summed E-state index contributed by atoms with van der Waals surface area (Å²) in [5.74, 6) is 0.191. The lowest BCUT2D eigenvalue weighted by Crippen LogP contribution is -2.33. The Morgan fingerprint density at radius 1 is 0.949 bits per heavy atom. The maximum Gasteiger partial charge on any atom is 0.273 e. The Balaban J connectivity index is 1.66. The van der Waals surface area contributed by atoms with Crippen LogP contribution in [0.5, 0.6) is 5.75 Å². The number of anilines is 1. The molecule has 200 valence electrons. The van der Waals surface area contributed by atoms with E-state index in [9.17, 15) is 13.2 Å². The highest BCUT2D eigenvalue weighted by atomic mass is 35.5. The molecule has 4 rings (SSSR count). The number of nitrogens with zero attached hydrogens (tertiary/aromatic N) is 2. The number of halogens is 1. The zero-order chi connectivity index (χ0) is 27.8. The third-order valence-corrected chi connectivity index (χ3v) is 7.86. The van der Waals surface area contributed by atoms with Crippen LogP contribution in [0.25, 0.3) is 0 Å². The number of hydrazone groups is 1. The molecule has 0 heterocycles. The Hall–Kier alpha value is -4.14. The molecular weight excluding hydrogens is 534 g/mol. The van der Waals surface area contributed by atoms with E-state index in [1.807, 2.05) is 38.1 Å². The normalized spacial score (nSPS) is 11.4. The number of hydrogen-bond acceptors (Lipinski definition) is 5. The van der Waals surface area contributed by atoms with E-state index < -0.39 is 15.9 Å². The van der Waals surface area contributed by atoms with Gasteiger partial charge in [0.15, 0.2) is 0 Å². The van der Waals surface area contributed by atoms with E-state index in [1.165, 1.54) is 10.5 Å². The molecule has 0 bridgehead atoms. The monoisotopic (exact) mass is 561 g/mol. The molecule has 0 unspecified atom stereocenters. The molecule has 0 spiro atoms. The van der Waals surface area contributed by atoms with Gasteiger partial charge in [-0.2, -0.15) is 5.10 Å². The summed E-state index contributed by atoms with van der Waals surface area (Å²) in [6.45, 7) is 4.35. The Kier molecular flexibility index (Phi) is 9.01. The average Bonchev–Trinajstić information content (AvgIpc) is 2.94. The smallest absolute Gasteiger partial charge is 0.273 e. The molecule has 0 fully saturated rings. The van der Waals surface area contributed by atoms with E-state index in [0.29, 0.717) is 17.2 Å². The first-order chi connectivity index (χ1) is 18.8. The van der Waals surface area contributed by atoms with Crippen molar-refractivity contribution in [3.05, 3.63) is 124 Å². The lowest BCUT2D eigenvalue weighted by Gasteiger charge is -2.26. The number of carbonyl (C=O) groups excluding carboxylic acids is 1. The summed E-state index contributed by atoms with van der Waals surface area (Å²) in [7, 11) is -4.04. The first-order valence-corrected chi connectivity index (χ1v) is 14.1. The number of nitrogens with one attached hydrogen (secondary N) is 1. The molecule has 39 heavy (non-hydrogen) atoms. The lowest BCUT2D eigenvalue weighted by atomic mass is 10.1. The minimum atomic E-state index is -4.04. The van der Waals surface area contributed by atoms with Crippen LogP contribution in [0.15, 0.2) is 107 Å². The molecule has 0 aliphatic heterocycles. The molecule has 0 radical (unpaired) electrons. The van der Waals surface area contributed by atoms with Gasteiger partial charge in [0, 0.05) is 5.02 Å². The van der Waals surface area contributed by atoms with Crippen LogP contribution in [-0.2, 0) is 16.6 Å². The van der Waals surface area contributed by atoms with E-state index in [1.54, 1.807) is 72.8 Å². The molecule has 4 aromatic rings. The summed E-state index contributed by atoms with van der Waals surface area (Å²) in [4.78, 5) is 13.3. The summed E-state index contributed by atoms with van der Waals surface area (Å²) in [6, 6.07) is 27.3. The molecule has 0 atom stereocenters. The standard InChI is InChI=1S/C30H28ClN3O4S/c1-3-38-26-16-12-23(13-17-26)20-32-33-30(35)28-6-4-5-7-29(28)34(21-24-10-14-25(31)15-11-24)39(36,37)27-18-8-22(2)9-19-27/h4-20H,3,21H2,1-2H3,(H,33,35)/b32-20+. The minimum Gasteiger partial charge on any atom is -0.494 e. The van der Waals surface area contributed by atoms with Crippen molar-refractivity contribution in [3.63, 3.8) is 0 Å². The molecule has 0 aromatic heterocycles. The van der Waals surface area contributed by atoms with Crippen LogP contribution in [0.4, 0.5) is 5.69 Å². The maximum absolute atomic E-state index is 13.9. The van der Waals surface area contributed by atoms with Gasteiger partial charge < -0.3 is 4.74 Å². The quantitative estimate of drug-likeness (QED) is 0.184. The van der Waals surface area contributed by atoms with Crippen LogP contribution in [0.2, 0.25) is 5.02 Å². The molecule has 0 aliphatic carbocycles. The number of benzene rings is 4. The van der Waals surface area contributed by atoms with Crippen molar-refractivity contribution in [2.45, 2.75) is 25.3 Å². The average molecular weight is 562 g/mol. The highest BCUT2D eigenvalue weighted by Gasteiger charge is 2.28. The first-order valence-electron chi connectivity index (χ1n) is 12.3. The van der Waals surface area contributed by atoms with E-state index in [4.69, 9.17) is 16.3 Å². The topological polar surface area (TPSA) is 88.1 Å². The van der Waals surface area contributed by atoms with E-state index >= 15 is 0 Å². The number of carbonyl (C=O) groups is 1. The van der Waals surface area contributed by atoms with Crippen LogP contribution in [0.3, 0.4) is 0 Å². The molecule has 1 N–H and O–H groups in total. The third kappa shape index (κ3) is 7.04. The number of para-hydroxylation sites is 1. The second kappa shape index (κ2) is 12.6. The van der Waals surface area contributed by atoms with Crippen molar-refractivity contribution in [2.24, 2.45) is 5.10 Å². The van der Waals surface area contributed by atoms with Crippen molar-refractivity contribution in [1.29, 1.82) is 0 Å². The lowest BCUT2D eigenvalue weighted by molar-refractivity contribution is 0.0955. The van der Waals surface area contributed by atoms with Gasteiger partial charge in [-0.15, -0.1) is 0 Å². The predicted octanol–water partition coefficient (Wildman–Crippen LogP) is 6.21. The van der Waals surface area contributed by atoms with Crippen molar-refractivity contribution < 1.29 is 17.9 Å². The Morgan fingerprint density at radius 2 is 1.62 bits per heavy atom. The molecule has 0 aliphatic rings. The Morgan fingerprint density at radius 3 is 2.28 bits per heavy atom. The summed E-state index contributed by atoms with van der Waals surface area (Å²) >= 11 is 6.04. The van der Waals surface area contributed by atoms with Gasteiger partial charge in [0.05, 0.1) is 35.5 Å². The van der Waals surface area contributed by atoms with E-state index in [2.05, 4.69) is 10.5 Å². The SMILES string of the molecule is CCOc1ccc(/C=N/NC(=O)c2ccccc2N(Cc2ccc(Cl)cc2)S(=O)(=O)c2ccc(C)cc2)cc1.